The lowest BCUT2D eigenvalue weighted by Gasteiger charge is -2.30. The third-order valence-electron chi connectivity index (χ3n) is 6.73. The second-order valence-corrected chi connectivity index (χ2v) is 17.0. The van der Waals surface area contributed by atoms with Crippen LogP contribution < -0.4 is 0 Å². The van der Waals surface area contributed by atoms with Gasteiger partial charge in [0, 0.05) is 0 Å². The van der Waals surface area contributed by atoms with Crippen molar-refractivity contribution in [3.63, 3.8) is 0 Å². The number of rotatable bonds is 6. The van der Waals surface area contributed by atoms with Gasteiger partial charge in [0.1, 0.15) is 0 Å². The standard InChI is InChI=1S/C21H45P3/c1-7-17(4)20-12-10-13-21(18(5)8-2)16-22-23-24(15-11-14-20)19(6)9-3/h17-23H,7-16H2,1-6H3. The molecule has 0 saturated carbocycles. The summed E-state index contributed by atoms with van der Waals surface area (Å²) in [5.41, 5.74) is 1.01. The van der Waals surface area contributed by atoms with Crippen molar-refractivity contribution in [3.8, 4) is 0 Å². The van der Waals surface area contributed by atoms with Gasteiger partial charge in [0.25, 0.3) is 0 Å². The van der Waals surface area contributed by atoms with E-state index in [1.54, 1.807) is 12.3 Å². The van der Waals surface area contributed by atoms with Gasteiger partial charge in [-0.3, -0.25) is 0 Å². The Labute approximate surface area is 158 Å². The van der Waals surface area contributed by atoms with Gasteiger partial charge in [-0.2, -0.15) is 0 Å². The van der Waals surface area contributed by atoms with Crippen molar-refractivity contribution in [1.29, 1.82) is 0 Å². The monoisotopic (exact) mass is 390 g/mol. The van der Waals surface area contributed by atoms with E-state index in [2.05, 4.69) is 41.5 Å². The highest BCUT2D eigenvalue weighted by Crippen LogP contribution is 2.69. The lowest BCUT2D eigenvalue weighted by molar-refractivity contribution is 0.276. The fraction of sp³-hybridized carbons (Fsp3) is 1.00. The molecule has 0 spiro atoms. The molecule has 0 amide bonds. The first-order chi connectivity index (χ1) is 11.5. The summed E-state index contributed by atoms with van der Waals surface area (Å²) >= 11 is 0. The molecule has 24 heavy (non-hydrogen) atoms. The Morgan fingerprint density at radius 1 is 0.833 bits per heavy atom. The molecule has 1 rings (SSSR count). The first-order valence-electron chi connectivity index (χ1n) is 10.8. The molecule has 0 aromatic heterocycles. The third-order valence-corrected chi connectivity index (χ3v) is 18.1. The van der Waals surface area contributed by atoms with E-state index in [0.29, 0.717) is 7.61 Å². The molecule has 0 nitrogen and oxygen atoms in total. The highest BCUT2D eigenvalue weighted by molar-refractivity contribution is 8.48. The van der Waals surface area contributed by atoms with E-state index in [1.165, 1.54) is 67.6 Å². The maximum absolute atomic E-state index is 2.55. The van der Waals surface area contributed by atoms with Crippen LogP contribution in [0.1, 0.15) is 92.9 Å². The van der Waals surface area contributed by atoms with E-state index in [4.69, 9.17) is 0 Å². The van der Waals surface area contributed by atoms with Crippen LogP contribution in [-0.4, -0.2) is 18.0 Å². The van der Waals surface area contributed by atoms with E-state index >= 15 is 0 Å². The molecule has 8 atom stereocenters. The van der Waals surface area contributed by atoms with Gasteiger partial charge in [-0.25, -0.2) is 0 Å². The second-order valence-electron chi connectivity index (χ2n) is 8.31. The highest BCUT2D eigenvalue weighted by Gasteiger charge is 2.22. The molecule has 0 N–H and O–H groups in total. The molecule has 3 heteroatoms. The Balaban J connectivity index is 2.73. The fourth-order valence-corrected chi connectivity index (χ4v) is 16.2. The van der Waals surface area contributed by atoms with E-state index in [0.717, 1.165) is 29.3 Å². The van der Waals surface area contributed by atoms with Crippen molar-refractivity contribution >= 4 is 23.8 Å². The zero-order valence-corrected chi connectivity index (χ0v) is 20.3. The van der Waals surface area contributed by atoms with E-state index in [9.17, 15) is 0 Å². The summed E-state index contributed by atoms with van der Waals surface area (Å²) in [4.78, 5) is 0. The molecule has 1 heterocycles. The average Bonchev–Trinajstić information content (AvgIpc) is 2.60. The Bertz CT molecular complexity index is 248. The van der Waals surface area contributed by atoms with Crippen LogP contribution in [0.4, 0.5) is 0 Å². The summed E-state index contributed by atoms with van der Waals surface area (Å²) in [7, 11) is 2.92. The van der Waals surface area contributed by atoms with Crippen molar-refractivity contribution in [2.45, 2.75) is 98.6 Å². The lowest BCUT2D eigenvalue weighted by atomic mass is 9.82. The molecule has 0 aliphatic carbocycles. The zero-order valence-electron chi connectivity index (χ0n) is 17.4. The fourth-order valence-electron chi connectivity index (χ4n) is 4.02. The molecule has 1 saturated heterocycles. The minimum atomic E-state index is 0.329. The Morgan fingerprint density at radius 3 is 2.04 bits per heavy atom. The van der Waals surface area contributed by atoms with Crippen LogP contribution in [0.2, 0.25) is 0 Å². The maximum atomic E-state index is 2.55. The topological polar surface area (TPSA) is 0 Å². The van der Waals surface area contributed by atoms with Gasteiger partial charge in [0.05, 0.1) is 0 Å². The van der Waals surface area contributed by atoms with Crippen LogP contribution in [0.25, 0.3) is 0 Å². The summed E-state index contributed by atoms with van der Waals surface area (Å²) in [6, 6.07) is 0. The van der Waals surface area contributed by atoms with E-state index in [-0.39, 0.29) is 0 Å². The van der Waals surface area contributed by atoms with Gasteiger partial charge in [-0.1, -0.05) is 91.1 Å². The van der Waals surface area contributed by atoms with Crippen LogP contribution in [0, 0.1) is 23.7 Å². The summed E-state index contributed by atoms with van der Waals surface area (Å²) in [6.07, 6.45) is 14.9. The first-order valence-corrected chi connectivity index (χ1v) is 16.4. The minimum Gasteiger partial charge on any atom is -0.0944 e. The summed E-state index contributed by atoms with van der Waals surface area (Å²) in [5.74, 6) is 3.91. The van der Waals surface area contributed by atoms with Gasteiger partial charge < -0.3 is 0 Å². The molecule has 0 aromatic carbocycles. The van der Waals surface area contributed by atoms with Crippen molar-refractivity contribution in [3.05, 3.63) is 0 Å². The maximum Gasteiger partial charge on any atom is -0.0201 e. The normalized spacial score (nSPS) is 33.5. The molecule has 1 aliphatic heterocycles. The van der Waals surface area contributed by atoms with Crippen LogP contribution in [0.5, 0.6) is 0 Å². The molecular weight excluding hydrogens is 345 g/mol. The van der Waals surface area contributed by atoms with Crippen LogP contribution >= 0.6 is 23.8 Å². The summed E-state index contributed by atoms with van der Waals surface area (Å²) in [6.45, 7) is 14.8. The number of hydrogen-bond acceptors (Lipinski definition) is 0. The molecule has 1 aliphatic rings. The highest BCUT2D eigenvalue weighted by atomic mass is 32.4. The van der Waals surface area contributed by atoms with Crippen molar-refractivity contribution in [1.82, 2.24) is 0 Å². The first kappa shape index (κ1) is 23.3. The average molecular weight is 391 g/mol. The van der Waals surface area contributed by atoms with Gasteiger partial charge in [-0.05, 0) is 67.3 Å². The molecule has 0 bridgehead atoms. The molecular formula is C21H45P3. The molecule has 0 radical (unpaired) electrons. The molecule has 8 unspecified atom stereocenters. The van der Waals surface area contributed by atoms with Gasteiger partial charge >= 0.3 is 0 Å². The van der Waals surface area contributed by atoms with Gasteiger partial charge in [-0.15, -0.1) is 0 Å². The van der Waals surface area contributed by atoms with Gasteiger partial charge in [0.2, 0.25) is 0 Å². The quantitative estimate of drug-likeness (QED) is 0.398. The Morgan fingerprint density at radius 2 is 1.42 bits per heavy atom. The zero-order chi connectivity index (χ0) is 17.9. The molecule has 0 aromatic rings. The van der Waals surface area contributed by atoms with E-state index in [1.807, 2.05) is 0 Å². The molecule has 1 fully saturated rings. The van der Waals surface area contributed by atoms with Crippen LogP contribution in [-0.2, 0) is 0 Å². The summed E-state index contributed by atoms with van der Waals surface area (Å²) in [5, 5.41) is 0. The predicted molar refractivity (Wildman–Crippen MR) is 122 cm³/mol. The van der Waals surface area contributed by atoms with Gasteiger partial charge in [0.15, 0.2) is 0 Å². The van der Waals surface area contributed by atoms with Crippen LogP contribution in [0.15, 0.2) is 0 Å². The molecule has 144 valence electrons. The predicted octanol–water partition coefficient (Wildman–Crippen LogP) is 8.74. The Hall–Kier alpha value is 1.29. The number of hydrogen-bond donors (Lipinski definition) is 0. The van der Waals surface area contributed by atoms with Crippen molar-refractivity contribution < 1.29 is 0 Å². The van der Waals surface area contributed by atoms with Crippen molar-refractivity contribution in [2.24, 2.45) is 23.7 Å². The SMILES string of the molecule is CCC(C)C1CCCC(C(C)CC)CPPP(C(C)CC)CCC1. The third kappa shape index (κ3) is 8.32. The van der Waals surface area contributed by atoms with Crippen LogP contribution in [0.3, 0.4) is 0 Å². The second kappa shape index (κ2) is 13.5. The minimum absolute atomic E-state index is 0.329. The van der Waals surface area contributed by atoms with E-state index < -0.39 is 0 Å². The van der Waals surface area contributed by atoms with Crippen molar-refractivity contribution in [2.75, 3.05) is 12.3 Å². The summed E-state index contributed by atoms with van der Waals surface area (Å²) < 4.78 is 0. The Kier molecular flexibility index (Phi) is 13.1. The lowest BCUT2D eigenvalue weighted by Crippen LogP contribution is -2.16. The smallest absolute Gasteiger partial charge is 0.0201 e. The largest absolute Gasteiger partial charge is 0.0944 e.